The minimum Gasteiger partial charge on any atom is -0.392 e. The highest BCUT2D eigenvalue weighted by atomic mass is 16.2. The quantitative estimate of drug-likeness (QED) is 0.672. The molecule has 0 saturated carbocycles. The standard InChI is InChI=1S/C10H12N2O2/c11-10(14)12-9-5-3-8(4-6-9)2-1-7-13/h1-6,13H,7H2,(H3,11,12,14). The van der Waals surface area contributed by atoms with E-state index in [1.807, 2.05) is 12.1 Å². The van der Waals surface area contributed by atoms with Crippen molar-refractivity contribution in [3.8, 4) is 0 Å². The van der Waals surface area contributed by atoms with E-state index in [-0.39, 0.29) is 6.61 Å². The Kier molecular flexibility index (Phi) is 3.69. The summed E-state index contributed by atoms with van der Waals surface area (Å²) in [7, 11) is 0. The maximum atomic E-state index is 10.5. The molecule has 0 atom stereocenters. The molecule has 0 fully saturated rings. The molecule has 0 aliphatic rings. The molecular formula is C10H12N2O2. The van der Waals surface area contributed by atoms with Crippen LogP contribution in [-0.2, 0) is 0 Å². The van der Waals surface area contributed by atoms with Crippen molar-refractivity contribution in [2.24, 2.45) is 5.73 Å². The van der Waals surface area contributed by atoms with Crippen LogP contribution < -0.4 is 11.1 Å². The second-order valence-electron chi connectivity index (χ2n) is 2.70. The van der Waals surface area contributed by atoms with Gasteiger partial charge in [0, 0.05) is 5.69 Å². The summed E-state index contributed by atoms with van der Waals surface area (Å²) in [5, 5.41) is 11.0. The SMILES string of the molecule is NC(=O)Nc1ccc(C=CCO)cc1. The van der Waals surface area contributed by atoms with Gasteiger partial charge in [0.05, 0.1) is 6.61 Å². The van der Waals surface area contributed by atoms with Crippen LogP contribution in [0, 0.1) is 0 Å². The summed E-state index contributed by atoms with van der Waals surface area (Å²) in [6.45, 7) is 0.0152. The van der Waals surface area contributed by atoms with E-state index < -0.39 is 6.03 Å². The van der Waals surface area contributed by atoms with Crippen LogP contribution in [0.5, 0.6) is 0 Å². The zero-order chi connectivity index (χ0) is 10.4. The van der Waals surface area contributed by atoms with E-state index in [1.54, 1.807) is 24.3 Å². The lowest BCUT2D eigenvalue weighted by Gasteiger charge is -2.01. The van der Waals surface area contributed by atoms with Gasteiger partial charge in [0.2, 0.25) is 0 Å². The molecule has 0 aromatic heterocycles. The monoisotopic (exact) mass is 192 g/mol. The lowest BCUT2D eigenvalue weighted by molar-refractivity contribution is 0.259. The molecule has 1 rings (SSSR count). The highest BCUT2D eigenvalue weighted by Crippen LogP contribution is 2.10. The molecule has 0 bridgehead atoms. The Morgan fingerprint density at radius 2 is 2.07 bits per heavy atom. The molecule has 14 heavy (non-hydrogen) atoms. The molecule has 0 aliphatic carbocycles. The Morgan fingerprint density at radius 3 is 2.57 bits per heavy atom. The number of nitrogens with two attached hydrogens (primary N) is 1. The van der Waals surface area contributed by atoms with Crippen LogP contribution in [0.2, 0.25) is 0 Å². The first-order valence-electron chi connectivity index (χ1n) is 4.16. The molecule has 4 N–H and O–H groups in total. The van der Waals surface area contributed by atoms with Crippen molar-refractivity contribution >= 4 is 17.8 Å². The van der Waals surface area contributed by atoms with E-state index in [2.05, 4.69) is 5.32 Å². The van der Waals surface area contributed by atoms with E-state index in [1.165, 1.54) is 0 Å². The van der Waals surface area contributed by atoms with E-state index >= 15 is 0 Å². The molecule has 2 amide bonds. The zero-order valence-electron chi connectivity index (χ0n) is 7.60. The largest absolute Gasteiger partial charge is 0.392 e. The fourth-order valence-electron chi connectivity index (χ4n) is 1.01. The fraction of sp³-hybridized carbons (Fsp3) is 0.100. The molecule has 0 aliphatic heterocycles. The predicted molar refractivity (Wildman–Crippen MR) is 55.8 cm³/mol. The number of carbonyl (C=O) groups excluding carboxylic acids is 1. The average molecular weight is 192 g/mol. The third-order valence-electron chi connectivity index (χ3n) is 1.59. The number of primary amides is 1. The summed E-state index contributed by atoms with van der Waals surface area (Å²) < 4.78 is 0. The lowest BCUT2D eigenvalue weighted by atomic mass is 10.2. The van der Waals surface area contributed by atoms with Crippen LogP contribution in [0.1, 0.15) is 5.56 Å². The van der Waals surface area contributed by atoms with Gasteiger partial charge in [0.1, 0.15) is 0 Å². The van der Waals surface area contributed by atoms with Gasteiger partial charge >= 0.3 is 6.03 Å². The molecule has 0 radical (unpaired) electrons. The van der Waals surface area contributed by atoms with Crippen LogP contribution in [0.3, 0.4) is 0 Å². The van der Waals surface area contributed by atoms with Gasteiger partial charge in [-0.05, 0) is 17.7 Å². The number of amides is 2. The highest BCUT2D eigenvalue weighted by Gasteiger charge is 1.94. The van der Waals surface area contributed by atoms with Gasteiger partial charge < -0.3 is 16.2 Å². The van der Waals surface area contributed by atoms with Gasteiger partial charge in [0.15, 0.2) is 0 Å². The third kappa shape index (κ3) is 3.28. The molecule has 0 heterocycles. The summed E-state index contributed by atoms with van der Waals surface area (Å²) >= 11 is 0. The second kappa shape index (κ2) is 5.04. The number of benzene rings is 1. The van der Waals surface area contributed by atoms with Crippen molar-refractivity contribution < 1.29 is 9.90 Å². The maximum Gasteiger partial charge on any atom is 0.316 e. The van der Waals surface area contributed by atoms with Gasteiger partial charge in [0.25, 0.3) is 0 Å². The van der Waals surface area contributed by atoms with E-state index in [9.17, 15) is 4.79 Å². The Labute approximate surface area is 82.0 Å². The van der Waals surface area contributed by atoms with Crippen molar-refractivity contribution in [1.29, 1.82) is 0 Å². The smallest absolute Gasteiger partial charge is 0.316 e. The molecule has 0 unspecified atom stereocenters. The number of carbonyl (C=O) groups is 1. The summed E-state index contributed by atoms with van der Waals surface area (Å²) in [5.41, 5.74) is 6.55. The normalized spacial score (nSPS) is 10.4. The van der Waals surface area contributed by atoms with Crippen LogP contribution in [0.25, 0.3) is 6.08 Å². The lowest BCUT2D eigenvalue weighted by Crippen LogP contribution is -2.19. The minimum absolute atomic E-state index is 0.0152. The summed E-state index contributed by atoms with van der Waals surface area (Å²) in [6.07, 6.45) is 3.42. The Bertz CT molecular complexity index is 330. The van der Waals surface area contributed by atoms with Crippen molar-refractivity contribution in [3.63, 3.8) is 0 Å². The summed E-state index contributed by atoms with van der Waals surface area (Å²) in [4.78, 5) is 10.5. The number of hydrogen-bond acceptors (Lipinski definition) is 2. The first-order valence-corrected chi connectivity index (χ1v) is 4.16. The van der Waals surface area contributed by atoms with Gasteiger partial charge in [-0.3, -0.25) is 0 Å². The number of aliphatic hydroxyl groups is 1. The maximum absolute atomic E-state index is 10.5. The van der Waals surface area contributed by atoms with E-state index in [0.717, 1.165) is 5.56 Å². The van der Waals surface area contributed by atoms with Crippen LogP contribution in [0.15, 0.2) is 30.3 Å². The van der Waals surface area contributed by atoms with Crippen molar-refractivity contribution in [1.82, 2.24) is 0 Å². The summed E-state index contributed by atoms with van der Waals surface area (Å²) in [6, 6.07) is 6.53. The van der Waals surface area contributed by atoms with Crippen molar-refractivity contribution in [2.45, 2.75) is 0 Å². The number of aliphatic hydroxyl groups excluding tert-OH is 1. The molecule has 0 spiro atoms. The molecule has 0 saturated heterocycles. The average Bonchev–Trinajstić information content (AvgIpc) is 2.16. The highest BCUT2D eigenvalue weighted by molar-refractivity contribution is 5.87. The number of rotatable bonds is 3. The molecule has 4 heteroatoms. The van der Waals surface area contributed by atoms with Gasteiger partial charge in [-0.2, -0.15) is 0 Å². The Morgan fingerprint density at radius 1 is 1.43 bits per heavy atom. The van der Waals surface area contributed by atoms with Gasteiger partial charge in [-0.15, -0.1) is 0 Å². The number of hydrogen-bond donors (Lipinski definition) is 3. The zero-order valence-corrected chi connectivity index (χ0v) is 7.60. The first-order chi connectivity index (χ1) is 6.72. The fourth-order valence-corrected chi connectivity index (χ4v) is 1.01. The topological polar surface area (TPSA) is 75.4 Å². The molecule has 1 aromatic rings. The first kappa shape index (κ1) is 10.3. The van der Waals surface area contributed by atoms with Crippen molar-refractivity contribution in [3.05, 3.63) is 35.9 Å². The van der Waals surface area contributed by atoms with Gasteiger partial charge in [-0.25, -0.2) is 4.79 Å². The Balaban J connectivity index is 2.68. The third-order valence-corrected chi connectivity index (χ3v) is 1.59. The molecule has 74 valence electrons. The number of urea groups is 1. The Hall–Kier alpha value is -1.81. The second-order valence-corrected chi connectivity index (χ2v) is 2.70. The number of anilines is 1. The number of nitrogens with one attached hydrogen (secondary N) is 1. The predicted octanol–water partition coefficient (Wildman–Crippen LogP) is 1.18. The van der Waals surface area contributed by atoms with Crippen LogP contribution in [-0.4, -0.2) is 17.7 Å². The van der Waals surface area contributed by atoms with E-state index in [0.29, 0.717) is 5.69 Å². The van der Waals surface area contributed by atoms with Crippen molar-refractivity contribution in [2.75, 3.05) is 11.9 Å². The summed E-state index contributed by atoms with van der Waals surface area (Å²) in [5.74, 6) is 0. The van der Waals surface area contributed by atoms with E-state index in [4.69, 9.17) is 10.8 Å². The minimum atomic E-state index is -0.580. The molecule has 4 nitrogen and oxygen atoms in total. The van der Waals surface area contributed by atoms with Gasteiger partial charge in [-0.1, -0.05) is 24.3 Å². The van der Waals surface area contributed by atoms with Crippen LogP contribution in [0.4, 0.5) is 10.5 Å². The van der Waals surface area contributed by atoms with Crippen LogP contribution >= 0.6 is 0 Å². The molecular weight excluding hydrogens is 180 g/mol. The molecule has 1 aromatic carbocycles.